The molecule has 2 fully saturated rings. The molecule has 0 spiro atoms. The zero-order valence-corrected chi connectivity index (χ0v) is 21.1. The maximum absolute atomic E-state index is 5.55. The van der Waals surface area contributed by atoms with Gasteiger partial charge in [-0.25, -0.2) is 0 Å². The Morgan fingerprint density at radius 3 is 2.60 bits per heavy atom. The number of methoxy groups -OCH3 is 1. The van der Waals surface area contributed by atoms with Crippen molar-refractivity contribution in [3.63, 3.8) is 0 Å². The topological polar surface area (TPSA) is 49.3 Å². The Kier molecular flexibility index (Phi) is 11.2. The first-order valence-electron chi connectivity index (χ1n) is 11.2. The first kappa shape index (κ1) is 25.2. The maximum atomic E-state index is 5.55. The number of nitrogens with one attached hydrogen (secondary N) is 1. The Labute approximate surface area is 199 Å². The smallest absolute Gasteiger partial charge is 0.193 e. The van der Waals surface area contributed by atoms with Gasteiger partial charge in [-0.3, -0.25) is 9.89 Å². The van der Waals surface area contributed by atoms with E-state index in [4.69, 9.17) is 14.5 Å². The summed E-state index contributed by atoms with van der Waals surface area (Å²) in [6.07, 6.45) is 5.03. The van der Waals surface area contributed by atoms with Crippen molar-refractivity contribution in [2.24, 2.45) is 10.9 Å². The second-order valence-corrected chi connectivity index (χ2v) is 8.19. The highest BCUT2D eigenvalue weighted by molar-refractivity contribution is 14.0. The third-order valence-electron chi connectivity index (χ3n) is 6.00. The molecule has 30 heavy (non-hydrogen) atoms. The summed E-state index contributed by atoms with van der Waals surface area (Å²) in [5.74, 6) is 2.50. The number of hydrogen-bond donors (Lipinski definition) is 1. The molecule has 6 nitrogen and oxygen atoms in total. The van der Waals surface area contributed by atoms with Crippen LogP contribution in [-0.2, 0) is 4.74 Å². The molecular weight excluding hydrogens is 491 g/mol. The number of aliphatic imine (C=N–C) groups is 1. The van der Waals surface area contributed by atoms with Gasteiger partial charge in [-0.05, 0) is 57.0 Å². The first-order valence-corrected chi connectivity index (χ1v) is 11.2. The van der Waals surface area contributed by atoms with Crippen LogP contribution in [0, 0.1) is 5.92 Å². The van der Waals surface area contributed by atoms with E-state index in [0.29, 0.717) is 12.0 Å². The first-order chi connectivity index (χ1) is 14.2. The van der Waals surface area contributed by atoms with Crippen LogP contribution < -0.4 is 10.1 Å². The highest BCUT2D eigenvalue weighted by Crippen LogP contribution is 2.27. The Morgan fingerprint density at radius 1 is 1.27 bits per heavy atom. The summed E-state index contributed by atoms with van der Waals surface area (Å²) >= 11 is 0. The minimum absolute atomic E-state index is 0. The molecule has 0 radical (unpaired) electrons. The van der Waals surface area contributed by atoms with Gasteiger partial charge in [-0.1, -0.05) is 18.6 Å². The van der Waals surface area contributed by atoms with Gasteiger partial charge in [0.2, 0.25) is 0 Å². The number of rotatable bonds is 8. The summed E-state index contributed by atoms with van der Waals surface area (Å²) in [4.78, 5) is 9.94. The summed E-state index contributed by atoms with van der Waals surface area (Å²) in [7, 11) is 3.86. The van der Waals surface area contributed by atoms with Crippen molar-refractivity contribution in [3.05, 3.63) is 29.8 Å². The molecular formula is C23H39IN4O2. The largest absolute Gasteiger partial charge is 0.497 e. The molecule has 0 aromatic heterocycles. The molecule has 170 valence electrons. The van der Waals surface area contributed by atoms with E-state index >= 15 is 0 Å². The van der Waals surface area contributed by atoms with Gasteiger partial charge in [0.25, 0.3) is 0 Å². The molecule has 1 aromatic carbocycles. The molecule has 2 aliphatic heterocycles. The van der Waals surface area contributed by atoms with Crippen molar-refractivity contribution in [3.8, 4) is 5.75 Å². The highest BCUT2D eigenvalue weighted by Gasteiger charge is 2.23. The molecule has 2 saturated heterocycles. The maximum Gasteiger partial charge on any atom is 0.193 e. The van der Waals surface area contributed by atoms with Crippen LogP contribution in [0.15, 0.2) is 29.3 Å². The minimum Gasteiger partial charge on any atom is -0.497 e. The Hall–Kier alpha value is -1.06. The zero-order valence-electron chi connectivity index (χ0n) is 18.8. The summed E-state index contributed by atoms with van der Waals surface area (Å²) < 4.78 is 10.9. The van der Waals surface area contributed by atoms with Crippen molar-refractivity contribution in [1.29, 1.82) is 0 Å². The number of benzene rings is 1. The van der Waals surface area contributed by atoms with Crippen LogP contribution in [0.1, 0.15) is 44.2 Å². The van der Waals surface area contributed by atoms with Gasteiger partial charge in [0.15, 0.2) is 5.96 Å². The van der Waals surface area contributed by atoms with E-state index in [1.54, 1.807) is 7.11 Å². The molecule has 2 aliphatic rings. The zero-order chi connectivity index (χ0) is 20.5. The number of piperidine rings is 1. The van der Waals surface area contributed by atoms with Crippen LogP contribution in [-0.4, -0.2) is 75.9 Å². The predicted octanol–water partition coefficient (Wildman–Crippen LogP) is 3.77. The van der Waals surface area contributed by atoms with Gasteiger partial charge >= 0.3 is 0 Å². The second-order valence-electron chi connectivity index (χ2n) is 8.19. The van der Waals surface area contributed by atoms with Crippen LogP contribution >= 0.6 is 24.0 Å². The lowest BCUT2D eigenvalue weighted by Crippen LogP contribution is -2.42. The van der Waals surface area contributed by atoms with E-state index in [2.05, 4.69) is 53.4 Å². The molecule has 3 rings (SSSR count). The SMILES string of the molecule is CCNC(=NCC(c1ccc(OC)cc1)N1CCCCC1)N(C)CC1CCOC1.I. The van der Waals surface area contributed by atoms with Crippen molar-refractivity contribution < 1.29 is 9.47 Å². The highest BCUT2D eigenvalue weighted by atomic mass is 127. The summed E-state index contributed by atoms with van der Waals surface area (Å²) in [5, 5.41) is 3.48. The Morgan fingerprint density at radius 2 is 2.00 bits per heavy atom. The molecule has 2 atom stereocenters. The molecule has 0 bridgehead atoms. The lowest BCUT2D eigenvalue weighted by atomic mass is 10.0. The minimum atomic E-state index is 0. The number of halogens is 1. The van der Waals surface area contributed by atoms with Gasteiger partial charge < -0.3 is 19.7 Å². The summed E-state index contributed by atoms with van der Waals surface area (Å²) in [5.41, 5.74) is 1.32. The van der Waals surface area contributed by atoms with Crippen LogP contribution in [0.4, 0.5) is 0 Å². The molecule has 0 amide bonds. The lowest BCUT2D eigenvalue weighted by Gasteiger charge is -2.34. The Balaban J connectivity index is 0.00000320. The van der Waals surface area contributed by atoms with E-state index in [1.165, 1.54) is 24.8 Å². The van der Waals surface area contributed by atoms with Crippen molar-refractivity contribution in [2.75, 3.05) is 60.1 Å². The predicted molar refractivity (Wildman–Crippen MR) is 134 cm³/mol. The van der Waals surface area contributed by atoms with Gasteiger partial charge in [0, 0.05) is 32.7 Å². The standard InChI is InChI=1S/C23H38N4O2.HI/c1-4-24-23(26(2)17-19-12-15-29-18-19)25-16-22(27-13-6-5-7-14-27)20-8-10-21(28-3)11-9-20;/h8-11,19,22H,4-7,12-18H2,1-3H3,(H,24,25);1H. The number of hydrogen-bond acceptors (Lipinski definition) is 4. The van der Waals surface area contributed by atoms with Crippen molar-refractivity contribution >= 4 is 29.9 Å². The third-order valence-corrected chi connectivity index (χ3v) is 6.00. The number of nitrogens with zero attached hydrogens (tertiary/aromatic N) is 3. The molecule has 1 N–H and O–H groups in total. The fourth-order valence-corrected chi connectivity index (χ4v) is 4.33. The normalized spacial score (nSPS) is 21.0. The monoisotopic (exact) mass is 530 g/mol. The van der Waals surface area contributed by atoms with E-state index < -0.39 is 0 Å². The average Bonchev–Trinajstić information content (AvgIpc) is 3.27. The third kappa shape index (κ3) is 7.27. The average molecular weight is 530 g/mol. The van der Waals surface area contributed by atoms with Crippen molar-refractivity contribution in [2.45, 2.75) is 38.6 Å². The van der Waals surface area contributed by atoms with E-state index in [9.17, 15) is 0 Å². The van der Waals surface area contributed by atoms with Crippen LogP contribution in [0.2, 0.25) is 0 Å². The number of ether oxygens (including phenoxy) is 2. The van der Waals surface area contributed by atoms with E-state index in [0.717, 1.165) is 64.1 Å². The number of guanidine groups is 1. The summed E-state index contributed by atoms with van der Waals surface area (Å²) in [6.45, 7) is 8.82. The Bertz CT molecular complexity index is 629. The molecule has 0 aliphatic carbocycles. The fraction of sp³-hybridized carbons (Fsp3) is 0.696. The van der Waals surface area contributed by atoms with E-state index in [1.807, 2.05) is 0 Å². The quantitative estimate of drug-likeness (QED) is 0.315. The van der Waals surface area contributed by atoms with Gasteiger partial charge in [0.05, 0.1) is 26.3 Å². The van der Waals surface area contributed by atoms with Crippen molar-refractivity contribution in [1.82, 2.24) is 15.1 Å². The fourth-order valence-electron chi connectivity index (χ4n) is 4.33. The van der Waals surface area contributed by atoms with Crippen LogP contribution in [0.25, 0.3) is 0 Å². The van der Waals surface area contributed by atoms with Crippen LogP contribution in [0.5, 0.6) is 5.75 Å². The second kappa shape index (κ2) is 13.4. The number of likely N-dealkylation sites (tertiary alicyclic amines) is 1. The molecule has 2 unspecified atom stereocenters. The van der Waals surface area contributed by atoms with Crippen LogP contribution in [0.3, 0.4) is 0 Å². The molecule has 2 heterocycles. The van der Waals surface area contributed by atoms with Gasteiger partial charge in [-0.2, -0.15) is 0 Å². The van der Waals surface area contributed by atoms with Gasteiger partial charge in [0.1, 0.15) is 5.75 Å². The van der Waals surface area contributed by atoms with Gasteiger partial charge in [-0.15, -0.1) is 24.0 Å². The molecule has 7 heteroatoms. The summed E-state index contributed by atoms with van der Waals surface area (Å²) in [6, 6.07) is 8.82. The molecule has 0 saturated carbocycles. The molecule has 1 aromatic rings. The van der Waals surface area contributed by atoms with E-state index in [-0.39, 0.29) is 24.0 Å². The lowest BCUT2D eigenvalue weighted by molar-refractivity contribution is 0.167.